The molecule has 108 valence electrons. The number of benzene rings is 1. The Morgan fingerprint density at radius 2 is 2.10 bits per heavy atom. The second-order valence-electron chi connectivity index (χ2n) is 4.35. The van der Waals surface area contributed by atoms with Gasteiger partial charge in [-0.3, -0.25) is 4.68 Å². The predicted molar refractivity (Wildman–Crippen MR) is 90.3 cm³/mol. The van der Waals surface area contributed by atoms with Crippen molar-refractivity contribution in [2.24, 2.45) is 0 Å². The molecular weight excluding hydrogens is 405 g/mol. The Labute approximate surface area is 141 Å². The summed E-state index contributed by atoms with van der Waals surface area (Å²) in [5, 5.41) is 8.62. The first-order valence-electron chi connectivity index (χ1n) is 6.48. The van der Waals surface area contributed by atoms with Crippen LogP contribution < -0.4 is 5.32 Å². The minimum Gasteiger partial charge on any atom is -0.305 e. The first kappa shape index (κ1) is 16.0. The molecule has 1 heterocycles. The first-order valence-corrected chi connectivity index (χ1v) is 8.44. The van der Waals surface area contributed by atoms with E-state index in [1.807, 2.05) is 23.0 Å². The number of halogens is 3. The summed E-state index contributed by atoms with van der Waals surface area (Å²) in [5.41, 5.74) is 2.13. The molecule has 1 aromatic carbocycles. The van der Waals surface area contributed by atoms with Crippen LogP contribution >= 0.6 is 43.5 Å². The van der Waals surface area contributed by atoms with Crippen molar-refractivity contribution in [1.82, 2.24) is 15.1 Å². The van der Waals surface area contributed by atoms with Crippen LogP contribution in [0, 0.1) is 0 Å². The topological polar surface area (TPSA) is 29.9 Å². The lowest BCUT2D eigenvalue weighted by Crippen LogP contribution is -2.25. The SMILES string of the molecule is CCNC(c1cc(Br)ccc1Cl)c1c(Br)cnn1CC. The number of hydrogen-bond acceptors (Lipinski definition) is 2. The molecule has 0 saturated heterocycles. The maximum absolute atomic E-state index is 6.39. The van der Waals surface area contributed by atoms with E-state index in [2.05, 4.69) is 62.2 Å². The third-order valence-electron chi connectivity index (χ3n) is 3.08. The molecule has 6 heteroatoms. The average Bonchev–Trinajstić information content (AvgIpc) is 2.80. The molecule has 0 amide bonds. The van der Waals surface area contributed by atoms with Crippen molar-refractivity contribution < 1.29 is 0 Å². The largest absolute Gasteiger partial charge is 0.305 e. The van der Waals surface area contributed by atoms with Gasteiger partial charge in [0.15, 0.2) is 0 Å². The van der Waals surface area contributed by atoms with Gasteiger partial charge < -0.3 is 5.32 Å². The zero-order chi connectivity index (χ0) is 14.7. The molecule has 1 N–H and O–H groups in total. The number of nitrogens with one attached hydrogen (secondary N) is 1. The van der Waals surface area contributed by atoms with Gasteiger partial charge >= 0.3 is 0 Å². The zero-order valence-electron chi connectivity index (χ0n) is 11.3. The van der Waals surface area contributed by atoms with Crippen LogP contribution in [-0.2, 0) is 6.54 Å². The van der Waals surface area contributed by atoms with Gasteiger partial charge in [0, 0.05) is 16.0 Å². The molecule has 0 aliphatic heterocycles. The monoisotopic (exact) mass is 419 g/mol. The predicted octanol–water partition coefficient (Wildman–Crippen LogP) is 4.78. The van der Waals surface area contributed by atoms with Gasteiger partial charge in [-0.15, -0.1) is 0 Å². The number of nitrogens with zero attached hydrogens (tertiary/aromatic N) is 2. The van der Waals surface area contributed by atoms with E-state index in [1.54, 1.807) is 0 Å². The van der Waals surface area contributed by atoms with Crippen LogP contribution in [0.3, 0.4) is 0 Å². The summed E-state index contributed by atoms with van der Waals surface area (Å²) in [7, 11) is 0. The highest BCUT2D eigenvalue weighted by atomic mass is 79.9. The van der Waals surface area contributed by atoms with Crippen molar-refractivity contribution in [1.29, 1.82) is 0 Å². The van der Waals surface area contributed by atoms with Crippen molar-refractivity contribution in [3.8, 4) is 0 Å². The fourth-order valence-electron chi connectivity index (χ4n) is 2.20. The van der Waals surface area contributed by atoms with Crippen molar-refractivity contribution in [2.75, 3.05) is 6.54 Å². The number of aryl methyl sites for hydroxylation is 1. The van der Waals surface area contributed by atoms with Crippen LogP contribution in [0.5, 0.6) is 0 Å². The molecule has 20 heavy (non-hydrogen) atoms. The number of hydrogen-bond donors (Lipinski definition) is 1. The molecule has 0 aliphatic rings. The summed E-state index contributed by atoms with van der Waals surface area (Å²) in [6.45, 7) is 5.82. The third kappa shape index (κ3) is 3.27. The average molecular weight is 422 g/mol. The van der Waals surface area contributed by atoms with Crippen LogP contribution in [0.25, 0.3) is 0 Å². The summed E-state index contributed by atoms with van der Waals surface area (Å²) < 4.78 is 3.98. The molecule has 3 nitrogen and oxygen atoms in total. The van der Waals surface area contributed by atoms with Crippen LogP contribution in [0.2, 0.25) is 5.02 Å². The molecule has 0 aliphatic carbocycles. The van der Waals surface area contributed by atoms with Gasteiger partial charge in [0.1, 0.15) is 0 Å². The van der Waals surface area contributed by atoms with E-state index in [0.29, 0.717) is 0 Å². The summed E-state index contributed by atoms with van der Waals surface area (Å²) in [5.74, 6) is 0. The lowest BCUT2D eigenvalue weighted by atomic mass is 10.0. The molecule has 0 saturated carbocycles. The second-order valence-corrected chi connectivity index (χ2v) is 6.53. The molecule has 1 aromatic heterocycles. The first-order chi connectivity index (χ1) is 9.58. The van der Waals surface area contributed by atoms with Crippen molar-refractivity contribution in [2.45, 2.75) is 26.4 Å². The van der Waals surface area contributed by atoms with Crippen molar-refractivity contribution >= 4 is 43.5 Å². The summed E-state index contributed by atoms with van der Waals surface area (Å²) in [6.07, 6.45) is 1.83. The minimum absolute atomic E-state index is 0.00169. The summed E-state index contributed by atoms with van der Waals surface area (Å²) in [6, 6.07) is 5.91. The van der Waals surface area contributed by atoms with Gasteiger partial charge in [-0.2, -0.15) is 5.10 Å². The minimum atomic E-state index is 0.00169. The maximum Gasteiger partial charge on any atom is 0.0774 e. The highest BCUT2D eigenvalue weighted by Gasteiger charge is 2.23. The van der Waals surface area contributed by atoms with Gasteiger partial charge in [0.25, 0.3) is 0 Å². The van der Waals surface area contributed by atoms with Crippen LogP contribution in [-0.4, -0.2) is 16.3 Å². The van der Waals surface area contributed by atoms with Gasteiger partial charge in [-0.05, 0) is 53.2 Å². The number of rotatable bonds is 5. The Balaban J connectivity index is 2.56. The highest BCUT2D eigenvalue weighted by molar-refractivity contribution is 9.10. The molecule has 1 atom stereocenters. The van der Waals surface area contributed by atoms with E-state index in [-0.39, 0.29) is 6.04 Å². The molecule has 0 bridgehead atoms. The van der Waals surface area contributed by atoms with Gasteiger partial charge in [-0.1, -0.05) is 34.5 Å². The third-order valence-corrected chi connectivity index (χ3v) is 4.53. The fourth-order valence-corrected chi connectivity index (χ4v) is 3.34. The van der Waals surface area contributed by atoms with Gasteiger partial charge in [0.05, 0.1) is 22.4 Å². The summed E-state index contributed by atoms with van der Waals surface area (Å²) in [4.78, 5) is 0. The van der Waals surface area contributed by atoms with Gasteiger partial charge in [-0.25, -0.2) is 0 Å². The standard InChI is InChI=1S/C14H16Br2ClN3/c1-3-18-13(10-7-9(15)5-6-12(10)17)14-11(16)8-19-20(14)4-2/h5-8,13,18H,3-4H2,1-2H3. The van der Waals surface area contributed by atoms with Crippen molar-refractivity contribution in [3.05, 3.63) is 49.6 Å². The van der Waals surface area contributed by atoms with E-state index in [4.69, 9.17) is 11.6 Å². The Morgan fingerprint density at radius 3 is 2.75 bits per heavy atom. The molecule has 2 aromatic rings. The van der Waals surface area contributed by atoms with Crippen LogP contribution in [0.1, 0.15) is 31.1 Å². The molecule has 2 rings (SSSR count). The second kappa shape index (κ2) is 7.07. The van der Waals surface area contributed by atoms with Crippen molar-refractivity contribution in [3.63, 3.8) is 0 Å². The Kier molecular flexibility index (Phi) is 5.66. The van der Waals surface area contributed by atoms with E-state index in [9.17, 15) is 0 Å². The quantitative estimate of drug-likeness (QED) is 0.753. The maximum atomic E-state index is 6.39. The van der Waals surface area contributed by atoms with Crippen LogP contribution in [0.4, 0.5) is 0 Å². The summed E-state index contributed by atoms with van der Waals surface area (Å²) >= 11 is 13.5. The van der Waals surface area contributed by atoms with Crippen LogP contribution in [0.15, 0.2) is 33.3 Å². The van der Waals surface area contributed by atoms with E-state index in [1.165, 1.54) is 0 Å². The Bertz CT molecular complexity index is 598. The smallest absolute Gasteiger partial charge is 0.0774 e. The van der Waals surface area contributed by atoms with E-state index < -0.39 is 0 Å². The Morgan fingerprint density at radius 1 is 1.35 bits per heavy atom. The molecule has 0 fully saturated rings. The Hall–Kier alpha value is -0.360. The lowest BCUT2D eigenvalue weighted by molar-refractivity contribution is 0.541. The molecular formula is C14H16Br2ClN3. The molecule has 1 unspecified atom stereocenters. The fraction of sp³-hybridized carbons (Fsp3) is 0.357. The van der Waals surface area contributed by atoms with E-state index in [0.717, 1.165) is 38.3 Å². The van der Waals surface area contributed by atoms with E-state index >= 15 is 0 Å². The van der Waals surface area contributed by atoms with Gasteiger partial charge in [0.2, 0.25) is 0 Å². The lowest BCUT2D eigenvalue weighted by Gasteiger charge is -2.21. The normalized spacial score (nSPS) is 12.7. The molecule has 0 spiro atoms. The number of aromatic nitrogens is 2. The zero-order valence-corrected chi connectivity index (χ0v) is 15.3. The highest BCUT2D eigenvalue weighted by Crippen LogP contribution is 2.34. The molecule has 0 radical (unpaired) electrons.